The van der Waals surface area contributed by atoms with E-state index in [1.165, 1.54) is 0 Å². The Balaban J connectivity index is 3.32. The highest BCUT2D eigenvalue weighted by Gasteiger charge is 1.88. The van der Waals surface area contributed by atoms with Gasteiger partial charge >= 0.3 is 0 Å². The second kappa shape index (κ2) is 5.32. The molecule has 0 amide bonds. The molecule has 1 unspecified atom stereocenters. The topological polar surface area (TPSA) is 26.0 Å². The monoisotopic (exact) mass is 139 g/mol. The smallest absolute Gasteiger partial charge is 0.0238 e. The van der Waals surface area contributed by atoms with E-state index in [1.807, 2.05) is 6.92 Å². The number of hydrogen-bond acceptors (Lipinski definition) is 1. The minimum absolute atomic E-state index is 0.222. The Kier molecular flexibility index (Phi) is 5.06. The Morgan fingerprint density at radius 1 is 1.10 bits per heavy atom. The average molecular weight is 139 g/mol. The van der Waals surface area contributed by atoms with Gasteiger partial charge in [-0.05, 0) is 12.8 Å². The molecule has 0 rings (SSSR count). The lowest BCUT2D eigenvalue weighted by molar-refractivity contribution is 0.674. The largest absolute Gasteiger partial charge is 0.327 e. The van der Waals surface area contributed by atoms with Crippen LogP contribution in [-0.4, -0.2) is 6.04 Å². The predicted octanol–water partition coefficient (Wildman–Crippen LogP) is 1.77. The lowest BCUT2D eigenvalue weighted by Crippen LogP contribution is -2.12. The quantitative estimate of drug-likeness (QED) is 0.580. The molecule has 0 aliphatic rings. The van der Waals surface area contributed by atoms with Crippen molar-refractivity contribution in [2.24, 2.45) is 11.7 Å². The predicted molar refractivity (Wildman–Crippen MR) is 45.5 cm³/mol. The molecule has 0 aromatic heterocycles. The van der Waals surface area contributed by atoms with E-state index in [0.717, 1.165) is 12.8 Å². The summed E-state index contributed by atoms with van der Waals surface area (Å²) >= 11 is 0. The number of rotatable bonds is 2. The van der Waals surface area contributed by atoms with E-state index < -0.39 is 0 Å². The van der Waals surface area contributed by atoms with Gasteiger partial charge in [0.05, 0.1) is 0 Å². The summed E-state index contributed by atoms with van der Waals surface area (Å²) in [6.07, 6.45) is 1.82. The summed E-state index contributed by atoms with van der Waals surface area (Å²) in [6, 6.07) is 0.222. The second-order valence-corrected chi connectivity index (χ2v) is 3.13. The molecule has 0 radical (unpaired) electrons. The zero-order chi connectivity index (χ0) is 7.98. The van der Waals surface area contributed by atoms with E-state index in [0.29, 0.717) is 5.92 Å². The molecule has 0 heterocycles. The van der Waals surface area contributed by atoms with Gasteiger partial charge in [0, 0.05) is 18.9 Å². The van der Waals surface area contributed by atoms with Crippen LogP contribution in [-0.2, 0) is 0 Å². The van der Waals surface area contributed by atoms with E-state index in [2.05, 4.69) is 25.7 Å². The number of hydrogen-bond donors (Lipinski definition) is 1. The van der Waals surface area contributed by atoms with Crippen LogP contribution in [0.5, 0.6) is 0 Å². The van der Waals surface area contributed by atoms with Gasteiger partial charge in [-0.15, -0.1) is 11.8 Å². The van der Waals surface area contributed by atoms with E-state index >= 15 is 0 Å². The van der Waals surface area contributed by atoms with Crippen molar-refractivity contribution in [3.05, 3.63) is 0 Å². The van der Waals surface area contributed by atoms with Crippen LogP contribution >= 0.6 is 0 Å². The maximum absolute atomic E-state index is 5.51. The normalized spacial score (nSPS) is 12.5. The van der Waals surface area contributed by atoms with Gasteiger partial charge in [0.2, 0.25) is 0 Å². The van der Waals surface area contributed by atoms with Gasteiger partial charge in [-0.2, -0.15) is 0 Å². The summed E-state index contributed by atoms with van der Waals surface area (Å²) in [7, 11) is 0. The van der Waals surface area contributed by atoms with E-state index in [1.54, 1.807) is 0 Å². The minimum Gasteiger partial charge on any atom is -0.327 e. The maximum atomic E-state index is 5.51. The molecule has 0 bridgehead atoms. The first-order chi connectivity index (χ1) is 4.63. The van der Waals surface area contributed by atoms with Gasteiger partial charge in [-0.1, -0.05) is 13.8 Å². The summed E-state index contributed by atoms with van der Waals surface area (Å²) in [5, 5.41) is 0. The fourth-order valence-corrected chi connectivity index (χ4v) is 0.509. The molecule has 1 nitrogen and oxygen atoms in total. The van der Waals surface area contributed by atoms with Gasteiger partial charge in [0.15, 0.2) is 0 Å². The zero-order valence-electron chi connectivity index (χ0n) is 7.15. The van der Waals surface area contributed by atoms with Crippen molar-refractivity contribution in [3.8, 4) is 11.8 Å². The Labute approximate surface area is 64.0 Å². The molecule has 0 aliphatic heterocycles. The van der Waals surface area contributed by atoms with Crippen molar-refractivity contribution in [3.63, 3.8) is 0 Å². The molecule has 1 atom stereocenters. The zero-order valence-corrected chi connectivity index (χ0v) is 7.15. The van der Waals surface area contributed by atoms with Crippen LogP contribution in [0.15, 0.2) is 0 Å². The maximum Gasteiger partial charge on any atom is 0.0238 e. The van der Waals surface area contributed by atoms with Gasteiger partial charge in [0.1, 0.15) is 0 Å². The third-order valence-electron chi connectivity index (χ3n) is 1.06. The van der Waals surface area contributed by atoms with Crippen molar-refractivity contribution < 1.29 is 0 Å². The van der Waals surface area contributed by atoms with Gasteiger partial charge in [-0.25, -0.2) is 0 Å². The highest BCUT2D eigenvalue weighted by molar-refractivity contribution is 5.00. The highest BCUT2D eigenvalue weighted by Crippen LogP contribution is 1.96. The van der Waals surface area contributed by atoms with Gasteiger partial charge in [-0.3, -0.25) is 0 Å². The van der Waals surface area contributed by atoms with Gasteiger partial charge in [0.25, 0.3) is 0 Å². The molecule has 0 spiro atoms. The third kappa shape index (κ3) is 7.52. The summed E-state index contributed by atoms with van der Waals surface area (Å²) in [5.41, 5.74) is 5.51. The molecular formula is C9H17N. The van der Waals surface area contributed by atoms with E-state index in [-0.39, 0.29) is 6.04 Å². The molecule has 0 aromatic rings. The molecule has 0 fully saturated rings. The van der Waals surface area contributed by atoms with E-state index in [4.69, 9.17) is 5.73 Å². The third-order valence-corrected chi connectivity index (χ3v) is 1.06. The lowest BCUT2D eigenvalue weighted by atomic mass is 10.1. The molecule has 0 aromatic carbocycles. The van der Waals surface area contributed by atoms with Crippen molar-refractivity contribution in [2.75, 3.05) is 0 Å². The Hall–Kier alpha value is -0.480. The average Bonchev–Trinajstić information content (AvgIpc) is 1.79. The molecule has 0 saturated heterocycles. The molecule has 2 N–H and O–H groups in total. The Morgan fingerprint density at radius 2 is 1.60 bits per heavy atom. The second-order valence-electron chi connectivity index (χ2n) is 3.13. The van der Waals surface area contributed by atoms with Crippen LogP contribution in [0, 0.1) is 17.8 Å². The first-order valence-corrected chi connectivity index (χ1v) is 3.84. The number of nitrogens with two attached hydrogens (primary N) is 1. The van der Waals surface area contributed by atoms with Crippen LogP contribution in [0.2, 0.25) is 0 Å². The molecular weight excluding hydrogens is 122 g/mol. The van der Waals surface area contributed by atoms with Crippen molar-refractivity contribution >= 4 is 0 Å². The fourth-order valence-electron chi connectivity index (χ4n) is 0.509. The summed E-state index contributed by atoms with van der Waals surface area (Å²) in [6.45, 7) is 6.31. The Morgan fingerprint density at radius 3 is 2.00 bits per heavy atom. The molecule has 0 aliphatic carbocycles. The van der Waals surface area contributed by atoms with Crippen molar-refractivity contribution in [2.45, 2.75) is 39.7 Å². The SMILES string of the molecule is CC(C)CC#CCC(C)N. The van der Waals surface area contributed by atoms with E-state index in [9.17, 15) is 0 Å². The molecule has 10 heavy (non-hydrogen) atoms. The van der Waals surface area contributed by atoms with Crippen LogP contribution < -0.4 is 5.73 Å². The van der Waals surface area contributed by atoms with Crippen LogP contribution in [0.25, 0.3) is 0 Å². The fraction of sp³-hybridized carbons (Fsp3) is 0.778. The Bertz CT molecular complexity index is 111. The van der Waals surface area contributed by atoms with Crippen LogP contribution in [0.1, 0.15) is 33.6 Å². The first-order valence-electron chi connectivity index (χ1n) is 3.84. The summed E-state index contributed by atoms with van der Waals surface area (Å²) in [5.74, 6) is 6.81. The standard InChI is InChI=1S/C9H17N/c1-8(2)6-4-5-7-9(3)10/h8-9H,6-7,10H2,1-3H3. The lowest BCUT2D eigenvalue weighted by Gasteiger charge is -1.95. The van der Waals surface area contributed by atoms with Crippen molar-refractivity contribution in [1.82, 2.24) is 0 Å². The summed E-state index contributed by atoms with van der Waals surface area (Å²) < 4.78 is 0. The molecule has 1 heteroatoms. The highest BCUT2D eigenvalue weighted by atomic mass is 14.6. The molecule has 58 valence electrons. The van der Waals surface area contributed by atoms with Crippen LogP contribution in [0.4, 0.5) is 0 Å². The van der Waals surface area contributed by atoms with Crippen LogP contribution in [0.3, 0.4) is 0 Å². The van der Waals surface area contributed by atoms with Crippen molar-refractivity contribution in [1.29, 1.82) is 0 Å². The first kappa shape index (κ1) is 9.52. The summed E-state index contributed by atoms with van der Waals surface area (Å²) in [4.78, 5) is 0. The minimum atomic E-state index is 0.222. The van der Waals surface area contributed by atoms with Gasteiger partial charge < -0.3 is 5.73 Å². The molecule has 0 saturated carbocycles.